The van der Waals surface area contributed by atoms with Crippen LogP contribution in [0.5, 0.6) is 0 Å². The third kappa shape index (κ3) is 16.2. The molecule has 112 valence electrons. The van der Waals surface area contributed by atoms with E-state index in [1.807, 2.05) is 0 Å². The summed E-state index contributed by atoms with van der Waals surface area (Å²) < 4.78 is 0. The van der Waals surface area contributed by atoms with Crippen LogP contribution in [-0.4, -0.2) is 22.2 Å². The maximum Gasteiger partial charge on any atom is 0.327 e. The van der Waals surface area contributed by atoms with Crippen molar-refractivity contribution in [2.75, 3.05) is 0 Å². The van der Waals surface area contributed by atoms with Crippen LogP contribution in [0.4, 0.5) is 0 Å². The second-order valence-corrected chi connectivity index (χ2v) is 4.52. The maximum absolute atomic E-state index is 10.2. The van der Waals surface area contributed by atoms with E-state index in [0.717, 1.165) is 51.4 Å². The Bertz CT molecular complexity index is 319. The van der Waals surface area contributed by atoms with Gasteiger partial charge in [0.1, 0.15) is 0 Å². The minimum absolute atomic E-state index is 0.816. The largest absolute Gasteiger partial charge is 0.478 e. The van der Waals surface area contributed by atoms with Gasteiger partial charge in [-0.05, 0) is 51.4 Å². The van der Waals surface area contributed by atoms with Crippen molar-refractivity contribution in [2.45, 2.75) is 51.4 Å². The summed E-state index contributed by atoms with van der Waals surface area (Å²) in [6.07, 6.45) is 17.9. The van der Waals surface area contributed by atoms with Crippen LogP contribution in [0.2, 0.25) is 0 Å². The lowest BCUT2D eigenvalue weighted by atomic mass is 10.1. The highest BCUT2D eigenvalue weighted by Gasteiger charge is 1.88. The summed E-state index contributed by atoms with van der Waals surface area (Å²) in [5.41, 5.74) is 0. The van der Waals surface area contributed by atoms with E-state index in [-0.39, 0.29) is 0 Å². The fourth-order valence-corrected chi connectivity index (χ4v) is 1.65. The van der Waals surface area contributed by atoms with Crippen molar-refractivity contribution in [3.05, 3.63) is 36.5 Å². The first kappa shape index (κ1) is 18.2. The molecule has 0 unspecified atom stereocenters. The van der Waals surface area contributed by atoms with Crippen molar-refractivity contribution in [1.82, 2.24) is 0 Å². The average Bonchev–Trinajstić information content (AvgIpc) is 2.38. The van der Waals surface area contributed by atoms with Crippen molar-refractivity contribution < 1.29 is 19.8 Å². The Morgan fingerprint density at radius 1 is 0.600 bits per heavy atom. The van der Waals surface area contributed by atoms with Gasteiger partial charge in [0.05, 0.1) is 0 Å². The molecule has 0 amide bonds. The molecule has 0 aromatic heterocycles. The highest BCUT2D eigenvalue weighted by atomic mass is 16.4. The normalized spacial score (nSPS) is 11.8. The molecule has 0 saturated heterocycles. The van der Waals surface area contributed by atoms with Crippen molar-refractivity contribution in [3.63, 3.8) is 0 Å². The van der Waals surface area contributed by atoms with Crippen LogP contribution >= 0.6 is 0 Å². The number of carboxylic acid groups (broad SMARTS) is 2. The molecule has 4 heteroatoms. The first-order chi connectivity index (χ1) is 9.63. The van der Waals surface area contributed by atoms with Gasteiger partial charge in [0.25, 0.3) is 0 Å². The molecular formula is C16H24O4. The van der Waals surface area contributed by atoms with Gasteiger partial charge in [-0.25, -0.2) is 9.59 Å². The van der Waals surface area contributed by atoms with Gasteiger partial charge in [-0.15, -0.1) is 0 Å². The minimum atomic E-state index is -0.886. The second-order valence-electron chi connectivity index (χ2n) is 4.52. The summed E-state index contributed by atoms with van der Waals surface area (Å²) in [6.45, 7) is 0. The highest BCUT2D eigenvalue weighted by Crippen LogP contribution is 2.05. The lowest BCUT2D eigenvalue weighted by Crippen LogP contribution is -1.85. The molecule has 0 spiro atoms. The molecule has 4 nitrogen and oxygen atoms in total. The number of hydrogen-bond acceptors (Lipinski definition) is 2. The smallest absolute Gasteiger partial charge is 0.327 e. The fourth-order valence-electron chi connectivity index (χ4n) is 1.65. The molecule has 0 fully saturated rings. The molecule has 0 radical (unpaired) electrons. The lowest BCUT2D eigenvalue weighted by molar-refractivity contribution is -0.132. The zero-order valence-corrected chi connectivity index (χ0v) is 11.8. The molecule has 0 aliphatic rings. The molecule has 0 atom stereocenters. The number of unbranched alkanes of at least 4 members (excludes halogenated alkanes) is 6. The third-order valence-corrected chi connectivity index (χ3v) is 2.67. The zero-order valence-electron chi connectivity index (χ0n) is 11.8. The standard InChI is InChI=1S/C16H24O4/c17-15(18)13-11-9-7-5-3-1-2-4-6-8-10-12-14-16(19)20/h1-2,11-14H,3-10H2,(H,17,18)(H,19,20). The van der Waals surface area contributed by atoms with E-state index in [9.17, 15) is 9.59 Å². The predicted molar refractivity (Wildman–Crippen MR) is 79.6 cm³/mol. The van der Waals surface area contributed by atoms with E-state index in [4.69, 9.17) is 10.2 Å². The van der Waals surface area contributed by atoms with E-state index >= 15 is 0 Å². The van der Waals surface area contributed by atoms with Gasteiger partial charge in [-0.2, -0.15) is 0 Å². The molecule has 0 aliphatic carbocycles. The van der Waals surface area contributed by atoms with Crippen LogP contribution < -0.4 is 0 Å². The van der Waals surface area contributed by atoms with Gasteiger partial charge in [-0.1, -0.05) is 24.3 Å². The second kappa shape index (κ2) is 13.6. The summed E-state index contributed by atoms with van der Waals surface area (Å²) in [4.78, 5) is 20.4. The Kier molecular flexibility index (Phi) is 12.3. The number of rotatable bonds is 12. The Labute approximate surface area is 120 Å². The number of carboxylic acids is 2. The first-order valence-electron chi connectivity index (χ1n) is 7.07. The van der Waals surface area contributed by atoms with E-state index < -0.39 is 11.9 Å². The molecule has 20 heavy (non-hydrogen) atoms. The van der Waals surface area contributed by atoms with Gasteiger partial charge < -0.3 is 10.2 Å². The summed E-state index contributed by atoms with van der Waals surface area (Å²) in [7, 11) is 0. The highest BCUT2D eigenvalue weighted by molar-refractivity contribution is 5.79. The van der Waals surface area contributed by atoms with Gasteiger partial charge in [0.2, 0.25) is 0 Å². The van der Waals surface area contributed by atoms with Gasteiger partial charge in [-0.3, -0.25) is 0 Å². The van der Waals surface area contributed by atoms with E-state index in [0.29, 0.717) is 0 Å². The Morgan fingerprint density at radius 3 is 1.20 bits per heavy atom. The molecule has 2 N–H and O–H groups in total. The van der Waals surface area contributed by atoms with Crippen LogP contribution in [-0.2, 0) is 9.59 Å². The molecule has 0 heterocycles. The molecule has 0 saturated carbocycles. The van der Waals surface area contributed by atoms with Crippen LogP contribution in [0, 0.1) is 0 Å². The van der Waals surface area contributed by atoms with E-state index in [1.54, 1.807) is 12.2 Å². The van der Waals surface area contributed by atoms with Gasteiger partial charge in [0.15, 0.2) is 0 Å². The Hall–Kier alpha value is -1.84. The van der Waals surface area contributed by atoms with Crippen LogP contribution in [0.25, 0.3) is 0 Å². The number of allylic oxidation sites excluding steroid dienone is 4. The van der Waals surface area contributed by atoms with Crippen molar-refractivity contribution in [2.24, 2.45) is 0 Å². The molecular weight excluding hydrogens is 256 g/mol. The average molecular weight is 280 g/mol. The van der Waals surface area contributed by atoms with Crippen molar-refractivity contribution >= 4 is 11.9 Å². The minimum Gasteiger partial charge on any atom is -0.478 e. The zero-order chi connectivity index (χ0) is 15.1. The van der Waals surface area contributed by atoms with Gasteiger partial charge >= 0.3 is 11.9 Å². The topological polar surface area (TPSA) is 74.6 Å². The fraction of sp³-hybridized carbons (Fsp3) is 0.500. The lowest BCUT2D eigenvalue weighted by Gasteiger charge is -1.94. The molecule has 0 bridgehead atoms. The summed E-state index contributed by atoms with van der Waals surface area (Å²) in [5.74, 6) is -1.77. The summed E-state index contributed by atoms with van der Waals surface area (Å²) in [6, 6.07) is 0. The molecule has 0 aromatic rings. The van der Waals surface area contributed by atoms with Gasteiger partial charge in [0, 0.05) is 12.2 Å². The van der Waals surface area contributed by atoms with Crippen LogP contribution in [0.15, 0.2) is 36.5 Å². The summed E-state index contributed by atoms with van der Waals surface area (Å²) in [5, 5.41) is 16.8. The SMILES string of the molecule is O=C(O)C=CCCCCC=CCCCCC=CC(=O)O. The Morgan fingerprint density at radius 2 is 0.900 bits per heavy atom. The molecule has 0 aromatic carbocycles. The number of carbonyl (C=O) groups is 2. The van der Waals surface area contributed by atoms with Crippen molar-refractivity contribution in [3.8, 4) is 0 Å². The Balaban J connectivity index is 3.28. The first-order valence-corrected chi connectivity index (χ1v) is 7.07. The molecule has 0 aliphatic heterocycles. The van der Waals surface area contributed by atoms with Crippen LogP contribution in [0.3, 0.4) is 0 Å². The predicted octanol–water partition coefficient (Wildman–Crippen LogP) is 3.95. The summed E-state index contributed by atoms with van der Waals surface area (Å²) >= 11 is 0. The number of aliphatic carboxylic acids is 2. The van der Waals surface area contributed by atoms with Crippen LogP contribution in [0.1, 0.15) is 51.4 Å². The quantitative estimate of drug-likeness (QED) is 0.322. The maximum atomic E-state index is 10.2. The van der Waals surface area contributed by atoms with Crippen molar-refractivity contribution in [1.29, 1.82) is 0 Å². The number of hydrogen-bond donors (Lipinski definition) is 2. The van der Waals surface area contributed by atoms with E-state index in [2.05, 4.69) is 12.2 Å². The van der Waals surface area contributed by atoms with E-state index in [1.165, 1.54) is 12.2 Å². The molecule has 0 rings (SSSR count). The third-order valence-electron chi connectivity index (χ3n) is 2.67. The monoisotopic (exact) mass is 280 g/mol.